The van der Waals surface area contributed by atoms with Gasteiger partial charge >= 0.3 is 5.91 Å². The van der Waals surface area contributed by atoms with Gasteiger partial charge in [-0.2, -0.15) is 5.01 Å². The topological polar surface area (TPSA) is 103 Å². The highest BCUT2D eigenvalue weighted by molar-refractivity contribution is 6.31. The summed E-state index contributed by atoms with van der Waals surface area (Å²) in [5.74, 6) is -1.66. The Morgan fingerprint density at radius 2 is 1.52 bits per heavy atom. The Labute approximate surface area is 195 Å². The number of anilines is 2. The maximum atomic E-state index is 13.7. The molecule has 4 rings (SSSR count). The zero-order valence-corrected chi connectivity index (χ0v) is 18.3. The number of benzene rings is 3. The molecule has 1 unspecified atom stereocenters. The molecule has 0 fully saturated rings. The number of carbonyl (C=O) groups is 3. The minimum absolute atomic E-state index is 0.0737. The van der Waals surface area contributed by atoms with Gasteiger partial charge in [-0.25, -0.2) is 0 Å². The molecule has 8 nitrogen and oxygen atoms in total. The summed E-state index contributed by atoms with van der Waals surface area (Å²) < 4.78 is 0. The number of hydrazone groups is 1. The van der Waals surface area contributed by atoms with Crippen LogP contribution in [0.15, 0.2) is 90.0 Å². The van der Waals surface area contributed by atoms with Crippen LogP contribution in [-0.4, -0.2) is 29.2 Å². The number of para-hydroxylation sites is 2. The fraction of sp³-hybridized carbons (Fsp3) is 0.0833. The van der Waals surface area contributed by atoms with Crippen molar-refractivity contribution in [3.8, 4) is 0 Å². The largest absolute Gasteiger partial charge is 0.348 e. The summed E-state index contributed by atoms with van der Waals surface area (Å²) in [4.78, 5) is 38.9. The van der Waals surface area contributed by atoms with Gasteiger partial charge in [-0.05, 0) is 48.5 Å². The lowest BCUT2D eigenvalue weighted by atomic mass is 10.1. The number of hydrogen-bond acceptors (Lipinski definition) is 5. The molecule has 1 heterocycles. The smallest absolute Gasteiger partial charge is 0.302 e. The van der Waals surface area contributed by atoms with E-state index in [1.165, 1.54) is 6.92 Å². The van der Waals surface area contributed by atoms with Crippen LogP contribution < -0.4 is 21.0 Å². The van der Waals surface area contributed by atoms with Crippen LogP contribution in [0.5, 0.6) is 0 Å². The van der Waals surface area contributed by atoms with E-state index in [4.69, 9.17) is 11.6 Å². The van der Waals surface area contributed by atoms with E-state index in [0.29, 0.717) is 22.0 Å². The third-order valence-electron chi connectivity index (χ3n) is 4.88. The molecule has 1 atom stereocenters. The summed E-state index contributed by atoms with van der Waals surface area (Å²) in [6, 6.07) is 23.8. The molecule has 166 valence electrons. The second-order valence-electron chi connectivity index (χ2n) is 7.28. The molecule has 1 aliphatic heterocycles. The maximum Gasteiger partial charge on any atom is 0.302 e. The summed E-state index contributed by atoms with van der Waals surface area (Å²) in [6.45, 7) is 1.28. The van der Waals surface area contributed by atoms with E-state index in [9.17, 15) is 14.4 Å². The highest BCUT2D eigenvalue weighted by Gasteiger charge is 2.54. The lowest BCUT2D eigenvalue weighted by Crippen LogP contribution is -2.67. The molecule has 33 heavy (non-hydrogen) atoms. The van der Waals surface area contributed by atoms with Gasteiger partial charge < -0.3 is 16.0 Å². The standard InChI is InChI=1S/C24H20ClN5O3/c1-16(31)27-24(28-19-8-4-2-5-9-19)22(26-21(32)17-12-14-18(25)15-13-17)29-30(23(24)33)20-10-6-3-7-11-20/h2-15,28H,1H3,(H,27,31)(H,26,29,32). The minimum Gasteiger partial charge on any atom is -0.348 e. The highest BCUT2D eigenvalue weighted by Crippen LogP contribution is 2.28. The fourth-order valence-corrected chi connectivity index (χ4v) is 3.51. The Morgan fingerprint density at radius 3 is 2.12 bits per heavy atom. The first kappa shape index (κ1) is 22.0. The summed E-state index contributed by atoms with van der Waals surface area (Å²) in [7, 11) is 0. The number of nitrogens with zero attached hydrogens (tertiary/aromatic N) is 2. The van der Waals surface area contributed by atoms with E-state index < -0.39 is 23.4 Å². The van der Waals surface area contributed by atoms with E-state index in [1.807, 2.05) is 6.07 Å². The van der Waals surface area contributed by atoms with E-state index in [-0.39, 0.29) is 5.84 Å². The van der Waals surface area contributed by atoms with Crippen molar-refractivity contribution < 1.29 is 14.4 Å². The normalized spacial score (nSPS) is 17.3. The van der Waals surface area contributed by atoms with Crippen molar-refractivity contribution in [1.82, 2.24) is 10.6 Å². The summed E-state index contributed by atoms with van der Waals surface area (Å²) in [5.41, 5.74) is -0.514. The molecule has 0 radical (unpaired) electrons. The Kier molecular flexibility index (Phi) is 6.10. The van der Waals surface area contributed by atoms with Gasteiger partial charge in [-0.1, -0.05) is 48.0 Å². The zero-order chi connectivity index (χ0) is 23.4. The molecular weight excluding hydrogens is 442 g/mol. The van der Waals surface area contributed by atoms with Gasteiger partial charge in [-0.3, -0.25) is 14.4 Å². The minimum atomic E-state index is -1.84. The first-order chi connectivity index (χ1) is 15.9. The molecule has 0 saturated heterocycles. The molecule has 3 aromatic rings. The van der Waals surface area contributed by atoms with Gasteiger partial charge in [0.1, 0.15) is 0 Å². The van der Waals surface area contributed by atoms with Gasteiger partial charge in [0, 0.05) is 23.2 Å². The molecule has 0 aliphatic carbocycles. The van der Waals surface area contributed by atoms with Crippen LogP contribution >= 0.6 is 11.6 Å². The van der Waals surface area contributed by atoms with Gasteiger partial charge in [0.2, 0.25) is 5.91 Å². The van der Waals surface area contributed by atoms with Gasteiger partial charge in [0.15, 0.2) is 5.84 Å². The van der Waals surface area contributed by atoms with Gasteiger partial charge in [-0.15, -0.1) is 5.10 Å². The van der Waals surface area contributed by atoms with Crippen molar-refractivity contribution in [2.24, 2.45) is 5.10 Å². The van der Waals surface area contributed by atoms with Crippen molar-refractivity contribution in [2.45, 2.75) is 12.6 Å². The van der Waals surface area contributed by atoms with E-state index in [0.717, 1.165) is 5.01 Å². The number of amidine groups is 1. The molecule has 1 aliphatic rings. The lowest BCUT2D eigenvalue weighted by molar-refractivity contribution is -0.127. The quantitative estimate of drug-likeness (QED) is 0.507. The molecule has 0 bridgehead atoms. The number of amides is 3. The summed E-state index contributed by atoms with van der Waals surface area (Å²) in [6.07, 6.45) is 0. The summed E-state index contributed by atoms with van der Waals surface area (Å²) in [5, 5.41) is 14.4. The number of carbonyl (C=O) groups excluding carboxylic acids is 3. The van der Waals surface area contributed by atoms with Crippen LogP contribution in [0.2, 0.25) is 5.02 Å². The Morgan fingerprint density at radius 1 is 0.909 bits per heavy atom. The van der Waals surface area contributed by atoms with Crippen molar-refractivity contribution >= 4 is 46.5 Å². The molecule has 3 N–H and O–H groups in total. The van der Waals surface area contributed by atoms with Crippen LogP contribution in [0.1, 0.15) is 17.3 Å². The second-order valence-corrected chi connectivity index (χ2v) is 7.72. The first-order valence-electron chi connectivity index (χ1n) is 10.1. The first-order valence-corrected chi connectivity index (χ1v) is 10.4. The maximum absolute atomic E-state index is 13.7. The molecule has 3 amide bonds. The van der Waals surface area contributed by atoms with Crippen LogP contribution in [-0.2, 0) is 9.59 Å². The average molecular weight is 462 g/mol. The molecule has 9 heteroatoms. The molecular formula is C24H20ClN5O3. The van der Waals surface area contributed by atoms with Gasteiger partial charge in [0.05, 0.1) is 5.69 Å². The Bertz CT molecular complexity index is 1220. The van der Waals surface area contributed by atoms with Crippen LogP contribution in [0.3, 0.4) is 0 Å². The van der Waals surface area contributed by atoms with Gasteiger partial charge in [0.25, 0.3) is 11.6 Å². The highest BCUT2D eigenvalue weighted by atomic mass is 35.5. The van der Waals surface area contributed by atoms with E-state index in [1.54, 1.807) is 78.9 Å². The Hall–Kier alpha value is -4.17. The van der Waals surface area contributed by atoms with Crippen molar-refractivity contribution in [3.63, 3.8) is 0 Å². The van der Waals surface area contributed by atoms with Crippen molar-refractivity contribution in [1.29, 1.82) is 0 Å². The van der Waals surface area contributed by atoms with E-state index >= 15 is 0 Å². The number of rotatable bonds is 5. The van der Waals surface area contributed by atoms with Crippen LogP contribution in [0, 0.1) is 0 Å². The Balaban J connectivity index is 1.78. The average Bonchev–Trinajstić information content (AvgIpc) is 3.06. The SMILES string of the molecule is CC(=O)NC1(Nc2ccccc2)C(=O)N(c2ccccc2)N=C1NC(=O)c1ccc(Cl)cc1. The lowest BCUT2D eigenvalue weighted by Gasteiger charge is -2.31. The number of hydrogen-bond donors (Lipinski definition) is 3. The van der Waals surface area contributed by atoms with Crippen LogP contribution in [0.4, 0.5) is 11.4 Å². The predicted molar refractivity (Wildman–Crippen MR) is 127 cm³/mol. The number of nitrogens with one attached hydrogen (secondary N) is 3. The zero-order valence-electron chi connectivity index (χ0n) is 17.6. The third-order valence-corrected chi connectivity index (χ3v) is 5.13. The van der Waals surface area contributed by atoms with Crippen molar-refractivity contribution in [3.05, 3.63) is 95.5 Å². The fourth-order valence-electron chi connectivity index (χ4n) is 3.38. The van der Waals surface area contributed by atoms with Crippen molar-refractivity contribution in [2.75, 3.05) is 10.3 Å². The number of halogens is 1. The molecule has 0 saturated carbocycles. The van der Waals surface area contributed by atoms with E-state index in [2.05, 4.69) is 21.1 Å². The predicted octanol–water partition coefficient (Wildman–Crippen LogP) is 3.37. The molecule has 0 aromatic heterocycles. The molecule has 3 aromatic carbocycles. The monoisotopic (exact) mass is 461 g/mol. The van der Waals surface area contributed by atoms with Crippen LogP contribution in [0.25, 0.3) is 0 Å². The second kappa shape index (κ2) is 9.13. The summed E-state index contributed by atoms with van der Waals surface area (Å²) >= 11 is 5.92. The third kappa shape index (κ3) is 4.56. The molecule has 0 spiro atoms.